The molecule has 2 aromatic heterocycles. The molecule has 2 amide bonds. The Morgan fingerprint density at radius 3 is 1.86 bits per heavy atom. The van der Waals surface area contributed by atoms with Crippen LogP contribution in [0, 0.1) is 6.92 Å². The summed E-state index contributed by atoms with van der Waals surface area (Å²) in [7, 11) is 0. The first kappa shape index (κ1) is 28.6. The van der Waals surface area contributed by atoms with Gasteiger partial charge in [-0.1, -0.05) is 115 Å². The Kier molecular flexibility index (Phi) is 6.59. The van der Waals surface area contributed by atoms with Crippen molar-refractivity contribution < 1.29 is 9.59 Å². The number of hydrogen-bond donors (Lipinski definition) is 0. The van der Waals surface area contributed by atoms with Crippen LogP contribution in [0.2, 0.25) is 0 Å². The molecule has 49 heavy (non-hydrogen) atoms. The number of amides is 2. The molecule has 6 aromatic carbocycles. The number of aromatic nitrogens is 2. The first-order valence-corrected chi connectivity index (χ1v) is 16.3. The van der Waals surface area contributed by atoms with Gasteiger partial charge in [-0.25, -0.2) is 4.90 Å². The minimum atomic E-state index is -0.344. The molecule has 0 fully saturated rings. The van der Waals surface area contributed by atoms with Crippen molar-refractivity contribution in [2.45, 2.75) is 6.92 Å². The molecule has 0 saturated heterocycles. The SMILES string of the molecule is Cc1cnccc1-c1ccc2c3ccccc3n(-c3cccc4c3C(=O)N(c3c(-c5ccccc5)cccc3-c3ccccc3)C4=O)c2c1. The number of fused-ring (bicyclic) bond motifs is 4. The summed E-state index contributed by atoms with van der Waals surface area (Å²) >= 11 is 0. The molecule has 1 aliphatic heterocycles. The number of aryl methyl sites for hydroxylation is 1. The molecule has 8 aromatic rings. The lowest BCUT2D eigenvalue weighted by molar-refractivity contribution is 0.0926. The van der Waals surface area contributed by atoms with Gasteiger partial charge in [0.05, 0.1) is 33.5 Å². The van der Waals surface area contributed by atoms with Gasteiger partial charge in [0.15, 0.2) is 0 Å². The maximum Gasteiger partial charge on any atom is 0.268 e. The smallest absolute Gasteiger partial charge is 0.268 e. The van der Waals surface area contributed by atoms with Gasteiger partial charge < -0.3 is 4.57 Å². The summed E-state index contributed by atoms with van der Waals surface area (Å²) in [6, 6.07) is 48.1. The van der Waals surface area contributed by atoms with E-state index in [1.54, 1.807) is 6.07 Å². The van der Waals surface area contributed by atoms with E-state index >= 15 is 0 Å². The monoisotopic (exact) mass is 631 g/mol. The number of pyridine rings is 1. The van der Waals surface area contributed by atoms with E-state index in [9.17, 15) is 9.59 Å². The summed E-state index contributed by atoms with van der Waals surface area (Å²) in [4.78, 5) is 35.2. The van der Waals surface area contributed by atoms with E-state index in [1.807, 2.05) is 122 Å². The highest BCUT2D eigenvalue weighted by atomic mass is 16.2. The maximum absolute atomic E-state index is 15.0. The second-order valence-electron chi connectivity index (χ2n) is 12.4. The largest absolute Gasteiger partial charge is 0.308 e. The maximum atomic E-state index is 15.0. The molecule has 0 N–H and O–H groups in total. The zero-order valence-electron chi connectivity index (χ0n) is 26.7. The predicted octanol–water partition coefficient (Wildman–Crippen LogP) is 10.3. The molecule has 0 aliphatic carbocycles. The van der Waals surface area contributed by atoms with E-state index < -0.39 is 0 Å². The number of hydrogen-bond acceptors (Lipinski definition) is 3. The lowest BCUT2D eigenvalue weighted by Crippen LogP contribution is -2.30. The summed E-state index contributed by atoms with van der Waals surface area (Å²) in [5.74, 6) is -0.681. The third-order valence-corrected chi connectivity index (χ3v) is 9.57. The standard InChI is InChI=1S/C44H29N3O2/c1-28-27-45-25-24-32(28)31-22-23-36-35-16-8-9-20-38(35)46(40(36)26-31)39-21-11-19-37-41(39)44(49)47(43(37)48)42-33(29-12-4-2-5-13-29)17-10-18-34(42)30-14-6-3-7-15-30/h2-27H,1H3. The van der Waals surface area contributed by atoms with Gasteiger partial charge in [0, 0.05) is 34.3 Å². The Morgan fingerprint density at radius 2 is 1.14 bits per heavy atom. The molecule has 9 rings (SSSR count). The van der Waals surface area contributed by atoms with Gasteiger partial charge >= 0.3 is 0 Å². The van der Waals surface area contributed by atoms with Crippen molar-refractivity contribution >= 4 is 39.3 Å². The first-order chi connectivity index (χ1) is 24.1. The molecule has 0 bridgehead atoms. The minimum Gasteiger partial charge on any atom is -0.308 e. The van der Waals surface area contributed by atoms with Crippen molar-refractivity contribution in [1.29, 1.82) is 0 Å². The van der Waals surface area contributed by atoms with E-state index in [1.165, 1.54) is 4.90 Å². The lowest BCUT2D eigenvalue weighted by Gasteiger charge is -2.23. The van der Waals surface area contributed by atoms with E-state index in [-0.39, 0.29) is 11.8 Å². The zero-order chi connectivity index (χ0) is 33.1. The van der Waals surface area contributed by atoms with Gasteiger partial charge in [-0.15, -0.1) is 0 Å². The second-order valence-corrected chi connectivity index (χ2v) is 12.4. The number of rotatable bonds is 5. The summed E-state index contributed by atoms with van der Waals surface area (Å²) < 4.78 is 2.14. The van der Waals surface area contributed by atoms with Crippen LogP contribution in [0.4, 0.5) is 5.69 Å². The number of imide groups is 1. The Balaban J connectivity index is 1.29. The summed E-state index contributed by atoms with van der Waals surface area (Å²) in [5, 5.41) is 2.14. The van der Waals surface area contributed by atoms with Crippen LogP contribution in [0.5, 0.6) is 0 Å². The van der Waals surface area contributed by atoms with E-state index in [0.29, 0.717) is 22.5 Å². The Hall–Kier alpha value is -6.59. The van der Waals surface area contributed by atoms with Crippen LogP contribution in [0.15, 0.2) is 158 Å². The normalized spacial score (nSPS) is 12.6. The van der Waals surface area contributed by atoms with Crippen LogP contribution in [0.25, 0.3) is 60.9 Å². The van der Waals surface area contributed by atoms with Crippen molar-refractivity contribution in [1.82, 2.24) is 9.55 Å². The van der Waals surface area contributed by atoms with Crippen LogP contribution in [-0.2, 0) is 0 Å². The lowest BCUT2D eigenvalue weighted by atomic mass is 9.95. The van der Waals surface area contributed by atoms with E-state index in [2.05, 4.69) is 46.8 Å². The average Bonchev–Trinajstić information content (AvgIpc) is 3.62. The number of benzene rings is 6. The Labute approximate surface area is 283 Å². The topological polar surface area (TPSA) is 55.2 Å². The van der Waals surface area contributed by atoms with Crippen molar-refractivity contribution in [3.63, 3.8) is 0 Å². The third-order valence-electron chi connectivity index (χ3n) is 9.57. The van der Waals surface area contributed by atoms with Crippen molar-refractivity contribution in [3.8, 4) is 39.1 Å². The van der Waals surface area contributed by atoms with E-state index in [4.69, 9.17) is 0 Å². The number of anilines is 1. The zero-order valence-corrected chi connectivity index (χ0v) is 26.7. The third kappa shape index (κ3) is 4.44. The van der Waals surface area contributed by atoms with Crippen molar-refractivity contribution in [3.05, 3.63) is 175 Å². The van der Waals surface area contributed by atoms with Gasteiger partial charge in [0.1, 0.15) is 0 Å². The average molecular weight is 632 g/mol. The number of carbonyl (C=O) groups excluding carboxylic acids is 2. The molecular formula is C44H29N3O2. The molecule has 0 atom stereocenters. The highest BCUT2D eigenvalue weighted by Gasteiger charge is 2.41. The Bertz CT molecular complexity index is 2550. The summed E-state index contributed by atoms with van der Waals surface area (Å²) in [5.41, 5.74) is 10.6. The summed E-state index contributed by atoms with van der Waals surface area (Å²) in [6.45, 7) is 2.06. The molecule has 3 heterocycles. The fourth-order valence-electron chi connectivity index (χ4n) is 7.34. The van der Waals surface area contributed by atoms with E-state index in [0.717, 1.165) is 60.8 Å². The summed E-state index contributed by atoms with van der Waals surface area (Å²) in [6.07, 6.45) is 3.68. The number of nitrogens with zero attached hydrogens (tertiary/aromatic N) is 3. The minimum absolute atomic E-state index is 0.337. The first-order valence-electron chi connectivity index (χ1n) is 16.3. The predicted molar refractivity (Wildman–Crippen MR) is 197 cm³/mol. The quantitative estimate of drug-likeness (QED) is 0.178. The number of para-hydroxylation sites is 2. The van der Waals surface area contributed by atoms with Crippen LogP contribution in [0.1, 0.15) is 26.3 Å². The van der Waals surface area contributed by atoms with Gasteiger partial charge in [-0.3, -0.25) is 14.6 Å². The van der Waals surface area contributed by atoms with Gasteiger partial charge in [0.25, 0.3) is 11.8 Å². The highest BCUT2D eigenvalue weighted by Crippen LogP contribution is 2.45. The molecule has 5 nitrogen and oxygen atoms in total. The van der Waals surface area contributed by atoms with Gasteiger partial charge in [-0.05, 0) is 65.1 Å². The molecule has 5 heteroatoms. The van der Waals surface area contributed by atoms with Crippen molar-refractivity contribution in [2.24, 2.45) is 0 Å². The molecule has 1 aliphatic rings. The molecule has 0 spiro atoms. The Morgan fingerprint density at radius 1 is 0.510 bits per heavy atom. The highest BCUT2D eigenvalue weighted by molar-refractivity contribution is 6.37. The second kappa shape index (κ2) is 11.3. The fourth-order valence-corrected chi connectivity index (χ4v) is 7.34. The van der Waals surface area contributed by atoms with Crippen LogP contribution < -0.4 is 4.90 Å². The molecule has 232 valence electrons. The molecule has 0 unspecified atom stereocenters. The van der Waals surface area contributed by atoms with Crippen LogP contribution in [0.3, 0.4) is 0 Å². The fraction of sp³-hybridized carbons (Fsp3) is 0.0227. The number of carbonyl (C=O) groups is 2. The molecule has 0 saturated carbocycles. The van der Waals surface area contributed by atoms with Crippen LogP contribution >= 0.6 is 0 Å². The van der Waals surface area contributed by atoms with Crippen molar-refractivity contribution in [2.75, 3.05) is 4.90 Å². The molecule has 0 radical (unpaired) electrons. The van der Waals surface area contributed by atoms with Gasteiger partial charge in [0.2, 0.25) is 0 Å². The van der Waals surface area contributed by atoms with Crippen LogP contribution in [-0.4, -0.2) is 21.4 Å². The molecular weight excluding hydrogens is 603 g/mol. The van der Waals surface area contributed by atoms with Gasteiger partial charge in [-0.2, -0.15) is 0 Å².